The molecule has 0 aliphatic heterocycles. The van der Waals surface area contributed by atoms with Crippen molar-refractivity contribution in [2.24, 2.45) is 0 Å². The van der Waals surface area contributed by atoms with Crippen molar-refractivity contribution in [3.05, 3.63) is 66.4 Å². The molecule has 36 heavy (non-hydrogen) atoms. The van der Waals surface area contributed by atoms with E-state index in [1.165, 1.54) is 0 Å². The minimum Gasteiger partial charge on any atom is -0.508 e. The first-order valence-electron chi connectivity index (χ1n) is 11.3. The number of ether oxygens (including phenoxy) is 1. The first kappa shape index (κ1) is 22.8. The molecule has 4 N–H and O–H groups in total. The molecule has 11 heteroatoms. The maximum absolute atomic E-state index is 12.4. The van der Waals surface area contributed by atoms with Crippen LogP contribution in [0.25, 0.3) is 22.6 Å². The van der Waals surface area contributed by atoms with Gasteiger partial charge in [0.2, 0.25) is 11.8 Å². The highest BCUT2D eigenvalue weighted by Crippen LogP contribution is 2.30. The lowest BCUT2D eigenvalue weighted by Gasteiger charge is -2.09. The fourth-order valence-corrected chi connectivity index (χ4v) is 3.87. The van der Waals surface area contributed by atoms with Gasteiger partial charge in [-0.15, -0.1) is 0 Å². The van der Waals surface area contributed by atoms with Crippen LogP contribution in [0.1, 0.15) is 18.9 Å². The molecule has 0 spiro atoms. The van der Waals surface area contributed by atoms with Gasteiger partial charge in [0, 0.05) is 30.8 Å². The number of aromatic hydroxyl groups is 1. The number of nitrogens with zero attached hydrogens (tertiary/aromatic N) is 5. The molecule has 2 aromatic carbocycles. The van der Waals surface area contributed by atoms with Crippen LogP contribution < -0.4 is 15.8 Å². The number of anilines is 2. The largest absolute Gasteiger partial charge is 0.508 e. The van der Waals surface area contributed by atoms with Gasteiger partial charge in [-0.2, -0.15) is 0 Å². The molecule has 3 heterocycles. The molecular formula is C25H23N7O4. The van der Waals surface area contributed by atoms with Crippen LogP contribution in [0.4, 0.5) is 11.5 Å². The molecular weight excluding hydrogens is 462 g/mol. The van der Waals surface area contributed by atoms with E-state index < -0.39 is 0 Å². The SMILES string of the molecule is CCn1c(-c2nonc2N)nc2cnc(Oc3cccc(NC(=O)CCc4cccc(O)c4)c3)cc21. The Kier molecular flexibility index (Phi) is 6.18. The minimum absolute atomic E-state index is 0.143. The van der Waals surface area contributed by atoms with Crippen molar-refractivity contribution < 1.29 is 19.3 Å². The summed E-state index contributed by atoms with van der Waals surface area (Å²) in [7, 11) is 0. The van der Waals surface area contributed by atoms with E-state index in [-0.39, 0.29) is 23.9 Å². The molecule has 0 saturated carbocycles. The number of nitrogens with two attached hydrogens (primary N) is 1. The predicted molar refractivity (Wildman–Crippen MR) is 132 cm³/mol. The zero-order chi connectivity index (χ0) is 25.1. The number of phenols is 1. The highest BCUT2D eigenvalue weighted by atomic mass is 16.6. The van der Waals surface area contributed by atoms with Crippen LogP contribution in [0, 0.1) is 0 Å². The van der Waals surface area contributed by atoms with Crippen molar-refractivity contribution in [3.63, 3.8) is 0 Å². The van der Waals surface area contributed by atoms with Crippen LogP contribution in [0.5, 0.6) is 17.4 Å². The van der Waals surface area contributed by atoms with Gasteiger partial charge in [0.1, 0.15) is 17.0 Å². The highest BCUT2D eigenvalue weighted by molar-refractivity contribution is 5.91. The maximum Gasteiger partial charge on any atom is 0.224 e. The number of nitrogens with one attached hydrogen (secondary N) is 1. The summed E-state index contributed by atoms with van der Waals surface area (Å²) in [5.74, 6) is 1.60. The Balaban J connectivity index is 1.30. The number of carbonyl (C=O) groups is 1. The van der Waals surface area contributed by atoms with Gasteiger partial charge < -0.3 is 25.5 Å². The third-order valence-corrected chi connectivity index (χ3v) is 5.54. The van der Waals surface area contributed by atoms with Crippen LogP contribution in [0.15, 0.2) is 65.4 Å². The number of rotatable bonds is 8. The number of imidazole rings is 1. The van der Waals surface area contributed by atoms with E-state index in [1.807, 2.05) is 17.6 Å². The third kappa shape index (κ3) is 4.80. The zero-order valence-electron chi connectivity index (χ0n) is 19.4. The van der Waals surface area contributed by atoms with Crippen LogP contribution >= 0.6 is 0 Å². The molecule has 1 amide bonds. The summed E-state index contributed by atoms with van der Waals surface area (Å²) in [6.07, 6.45) is 2.40. The normalized spacial score (nSPS) is 11.0. The average Bonchev–Trinajstić information content (AvgIpc) is 3.45. The molecule has 0 fully saturated rings. The zero-order valence-corrected chi connectivity index (χ0v) is 19.4. The Morgan fingerprint density at radius 2 is 2.03 bits per heavy atom. The van der Waals surface area contributed by atoms with E-state index in [2.05, 4.69) is 25.6 Å². The van der Waals surface area contributed by atoms with Gasteiger partial charge in [0.15, 0.2) is 17.3 Å². The molecule has 0 aliphatic rings. The van der Waals surface area contributed by atoms with Crippen molar-refractivity contribution in [3.8, 4) is 28.9 Å². The molecule has 0 radical (unpaired) electrons. The van der Waals surface area contributed by atoms with E-state index in [1.54, 1.807) is 54.7 Å². The summed E-state index contributed by atoms with van der Waals surface area (Å²) < 4.78 is 12.6. The summed E-state index contributed by atoms with van der Waals surface area (Å²) >= 11 is 0. The fraction of sp³-hybridized carbons (Fsp3) is 0.160. The lowest BCUT2D eigenvalue weighted by atomic mass is 10.1. The van der Waals surface area contributed by atoms with Crippen LogP contribution in [0.2, 0.25) is 0 Å². The summed E-state index contributed by atoms with van der Waals surface area (Å²) in [6.45, 7) is 2.58. The van der Waals surface area contributed by atoms with Gasteiger partial charge in [-0.05, 0) is 53.5 Å². The number of nitrogen functional groups attached to an aromatic ring is 1. The minimum atomic E-state index is -0.143. The second kappa shape index (κ2) is 9.74. The molecule has 0 bridgehead atoms. The highest BCUT2D eigenvalue weighted by Gasteiger charge is 2.19. The van der Waals surface area contributed by atoms with Crippen molar-refractivity contribution in [2.45, 2.75) is 26.3 Å². The molecule has 0 unspecified atom stereocenters. The lowest BCUT2D eigenvalue weighted by Crippen LogP contribution is -2.12. The number of phenolic OH excluding ortho intramolecular Hbond substituents is 1. The van der Waals surface area contributed by atoms with Crippen LogP contribution in [-0.2, 0) is 17.8 Å². The lowest BCUT2D eigenvalue weighted by molar-refractivity contribution is -0.116. The monoisotopic (exact) mass is 485 g/mol. The van der Waals surface area contributed by atoms with Gasteiger partial charge in [-0.1, -0.05) is 18.2 Å². The van der Waals surface area contributed by atoms with Crippen molar-refractivity contribution in [2.75, 3.05) is 11.1 Å². The smallest absolute Gasteiger partial charge is 0.224 e. The molecule has 5 aromatic rings. The number of hydrogen-bond acceptors (Lipinski definition) is 9. The average molecular weight is 486 g/mol. The quantitative estimate of drug-likeness (QED) is 0.294. The maximum atomic E-state index is 12.4. The van der Waals surface area contributed by atoms with Crippen molar-refractivity contribution >= 4 is 28.4 Å². The Labute approximate surface area is 205 Å². The Morgan fingerprint density at radius 3 is 2.81 bits per heavy atom. The number of pyridine rings is 1. The van der Waals surface area contributed by atoms with E-state index in [0.29, 0.717) is 47.3 Å². The van der Waals surface area contributed by atoms with E-state index in [0.717, 1.165) is 11.1 Å². The predicted octanol–water partition coefficient (Wildman–Crippen LogP) is 4.15. The standard InChI is InChI=1S/C25H23N7O4/c1-2-32-20-13-22(27-14-19(20)29-25(32)23-24(26)31-36-30-23)35-18-8-4-6-16(12-18)28-21(34)10-9-15-5-3-7-17(33)11-15/h3-8,11-14,33H,2,9-10H2,1H3,(H2,26,31)(H,28,34). The van der Waals surface area contributed by atoms with Gasteiger partial charge in [-0.3, -0.25) is 4.79 Å². The van der Waals surface area contributed by atoms with E-state index in [4.69, 9.17) is 15.1 Å². The summed E-state index contributed by atoms with van der Waals surface area (Å²) in [6, 6.07) is 15.7. The van der Waals surface area contributed by atoms with Gasteiger partial charge in [-0.25, -0.2) is 14.6 Å². The number of aromatic nitrogens is 5. The molecule has 0 atom stereocenters. The van der Waals surface area contributed by atoms with Crippen molar-refractivity contribution in [1.29, 1.82) is 0 Å². The number of benzene rings is 2. The van der Waals surface area contributed by atoms with Crippen molar-refractivity contribution in [1.82, 2.24) is 24.8 Å². The number of aryl methyl sites for hydroxylation is 2. The molecule has 182 valence electrons. The molecule has 0 saturated heterocycles. The molecule has 5 rings (SSSR count). The molecule has 0 aliphatic carbocycles. The van der Waals surface area contributed by atoms with Crippen LogP contribution in [0.3, 0.4) is 0 Å². The third-order valence-electron chi connectivity index (χ3n) is 5.54. The first-order valence-corrected chi connectivity index (χ1v) is 11.3. The number of carbonyl (C=O) groups excluding carboxylic acids is 1. The Morgan fingerprint density at radius 1 is 1.17 bits per heavy atom. The van der Waals surface area contributed by atoms with Gasteiger partial charge >= 0.3 is 0 Å². The van der Waals surface area contributed by atoms with E-state index in [9.17, 15) is 9.90 Å². The number of fused-ring (bicyclic) bond motifs is 1. The Bertz CT molecular complexity index is 1540. The number of amides is 1. The topological polar surface area (TPSA) is 154 Å². The second-order valence-corrected chi connectivity index (χ2v) is 8.04. The summed E-state index contributed by atoms with van der Waals surface area (Å²) in [4.78, 5) is 21.3. The molecule has 3 aromatic heterocycles. The van der Waals surface area contributed by atoms with Gasteiger partial charge in [0.05, 0.1) is 11.7 Å². The van der Waals surface area contributed by atoms with E-state index >= 15 is 0 Å². The summed E-state index contributed by atoms with van der Waals surface area (Å²) in [5.41, 5.74) is 9.14. The second-order valence-electron chi connectivity index (χ2n) is 8.04. The van der Waals surface area contributed by atoms with Crippen LogP contribution in [-0.4, -0.2) is 35.9 Å². The Hall–Kier alpha value is -4.93. The molecule has 11 nitrogen and oxygen atoms in total. The first-order chi connectivity index (χ1) is 17.5. The fourth-order valence-electron chi connectivity index (χ4n) is 3.87. The van der Waals surface area contributed by atoms with Gasteiger partial charge in [0.25, 0.3) is 0 Å². The number of hydrogen-bond donors (Lipinski definition) is 3. The summed E-state index contributed by atoms with van der Waals surface area (Å²) in [5, 5.41) is 19.9.